The molecule has 2 aromatic rings. The summed E-state index contributed by atoms with van der Waals surface area (Å²) in [5, 5.41) is 1.10. The molecule has 2 nitrogen and oxygen atoms in total. The fourth-order valence-corrected chi connectivity index (χ4v) is 2.95. The second-order valence-electron chi connectivity index (χ2n) is 2.69. The summed E-state index contributed by atoms with van der Waals surface area (Å²) in [7, 11) is 1.68. The Hall–Kier alpha value is -0.360. The van der Waals surface area contributed by atoms with E-state index >= 15 is 0 Å². The second-order valence-corrected chi connectivity index (χ2v) is 5.08. The Kier molecular flexibility index (Phi) is 2.42. The molecule has 13 heavy (non-hydrogen) atoms. The first kappa shape index (κ1) is 9.21. The lowest BCUT2D eigenvalue weighted by atomic mass is 10.3. The van der Waals surface area contributed by atoms with Gasteiger partial charge in [-0.3, -0.25) is 0 Å². The SMILES string of the molecule is COc1cc2nc(C)sc2cc1I. The average Bonchev–Trinajstić information content (AvgIpc) is 2.42. The Labute approximate surface area is 94.1 Å². The van der Waals surface area contributed by atoms with Crippen LogP contribution >= 0.6 is 33.9 Å². The summed E-state index contributed by atoms with van der Waals surface area (Å²) in [5.74, 6) is 0.901. The number of hydrogen-bond acceptors (Lipinski definition) is 3. The number of halogens is 1. The fourth-order valence-electron chi connectivity index (χ4n) is 1.20. The highest BCUT2D eigenvalue weighted by atomic mass is 127. The van der Waals surface area contributed by atoms with Gasteiger partial charge in [0, 0.05) is 6.07 Å². The Morgan fingerprint density at radius 2 is 2.23 bits per heavy atom. The molecule has 0 atom stereocenters. The fraction of sp³-hybridized carbons (Fsp3) is 0.222. The molecule has 0 fully saturated rings. The van der Waals surface area contributed by atoms with E-state index in [1.54, 1.807) is 18.4 Å². The molecule has 1 heterocycles. The van der Waals surface area contributed by atoms with Gasteiger partial charge in [0.2, 0.25) is 0 Å². The number of hydrogen-bond donors (Lipinski definition) is 0. The number of fused-ring (bicyclic) bond motifs is 1. The summed E-state index contributed by atoms with van der Waals surface area (Å²) in [4.78, 5) is 4.40. The zero-order valence-corrected chi connectivity index (χ0v) is 10.3. The second kappa shape index (κ2) is 3.42. The van der Waals surface area contributed by atoms with Crippen LogP contribution in [0.5, 0.6) is 5.75 Å². The molecule has 0 radical (unpaired) electrons. The van der Waals surface area contributed by atoms with E-state index in [-0.39, 0.29) is 0 Å². The Bertz CT molecular complexity index is 452. The number of aryl methyl sites for hydroxylation is 1. The molecule has 0 aliphatic rings. The van der Waals surface area contributed by atoms with Crippen LogP contribution in [-0.4, -0.2) is 12.1 Å². The topological polar surface area (TPSA) is 22.1 Å². The standard InChI is InChI=1S/C9H8INOS/c1-5-11-7-4-8(12-2)6(10)3-9(7)13-5/h3-4H,1-2H3. The third-order valence-electron chi connectivity index (χ3n) is 1.77. The minimum Gasteiger partial charge on any atom is -0.496 e. The summed E-state index contributed by atoms with van der Waals surface area (Å²) in [6, 6.07) is 4.10. The number of ether oxygens (including phenoxy) is 1. The van der Waals surface area contributed by atoms with Crippen molar-refractivity contribution in [2.45, 2.75) is 6.92 Å². The lowest BCUT2D eigenvalue weighted by Crippen LogP contribution is -1.85. The summed E-state index contributed by atoms with van der Waals surface area (Å²) in [5.41, 5.74) is 1.03. The predicted octanol–water partition coefficient (Wildman–Crippen LogP) is 3.22. The Balaban J connectivity index is 2.72. The number of nitrogens with zero attached hydrogens (tertiary/aromatic N) is 1. The number of thiazole rings is 1. The van der Waals surface area contributed by atoms with Crippen LogP contribution in [0.2, 0.25) is 0 Å². The minimum absolute atomic E-state index is 0.901. The Morgan fingerprint density at radius 3 is 2.92 bits per heavy atom. The van der Waals surface area contributed by atoms with E-state index in [9.17, 15) is 0 Å². The third kappa shape index (κ3) is 1.65. The van der Waals surface area contributed by atoms with Crippen LogP contribution in [0, 0.1) is 10.5 Å². The lowest BCUT2D eigenvalue weighted by Gasteiger charge is -2.01. The zero-order chi connectivity index (χ0) is 9.42. The van der Waals surface area contributed by atoms with Crippen molar-refractivity contribution in [3.05, 3.63) is 20.7 Å². The molecule has 0 aliphatic carbocycles. The molecular formula is C9H8INOS. The van der Waals surface area contributed by atoms with Gasteiger partial charge in [-0.15, -0.1) is 11.3 Å². The van der Waals surface area contributed by atoms with Crippen LogP contribution in [0.3, 0.4) is 0 Å². The molecular weight excluding hydrogens is 297 g/mol. The van der Waals surface area contributed by atoms with Gasteiger partial charge in [-0.2, -0.15) is 0 Å². The first-order valence-corrected chi connectivity index (χ1v) is 5.71. The molecule has 0 amide bonds. The summed E-state index contributed by atoms with van der Waals surface area (Å²) >= 11 is 3.99. The van der Waals surface area contributed by atoms with Crippen LogP contribution in [-0.2, 0) is 0 Å². The molecule has 0 bridgehead atoms. The molecule has 68 valence electrons. The molecule has 0 N–H and O–H groups in total. The maximum absolute atomic E-state index is 5.22. The molecule has 0 saturated heterocycles. The summed E-state index contributed by atoms with van der Waals surface area (Å²) in [6.45, 7) is 2.02. The number of benzene rings is 1. The maximum atomic E-state index is 5.22. The minimum atomic E-state index is 0.901. The monoisotopic (exact) mass is 305 g/mol. The van der Waals surface area contributed by atoms with Gasteiger partial charge in [0.25, 0.3) is 0 Å². The van der Waals surface area contributed by atoms with E-state index < -0.39 is 0 Å². The van der Waals surface area contributed by atoms with Crippen molar-refractivity contribution in [1.29, 1.82) is 0 Å². The molecule has 0 saturated carbocycles. The predicted molar refractivity (Wildman–Crippen MR) is 63.6 cm³/mol. The van der Waals surface area contributed by atoms with E-state index in [1.165, 1.54) is 4.70 Å². The highest BCUT2D eigenvalue weighted by Gasteiger charge is 2.05. The first-order valence-electron chi connectivity index (χ1n) is 3.81. The van der Waals surface area contributed by atoms with Crippen molar-refractivity contribution in [2.75, 3.05) is 7.11 Å². The average molecular weight is 305 g/mol. The molecule has 0 spiro atoms. The summed E-state index contributed by atoms with van der Waals surface area (Å²) < 4.78 is 7.58. The van der Waals surface area contributed by atoms with Crippen LogP contribution in [0.25, 0.3) is 10.2 Å². The number of methoxy groups -OCH3 is 1. The van der Waals surface area contributed by atoms with Crippen molar-refractivity contribution >= 4 is 44.1 Å². The van der Waals surface area contributed by atoms with E-state index in [2.05, 4.69) is 33.6 Å². The van der Waals surface area contributed by atoms with Gasteiger partial charge in [-0.1, -0.05) is 0 Å². The lowest BCUT2D eigenvalue weighted by molar-refractivity contribution is 0.412. The molecule has 0 unspecified atom stereocenters. The molecule has 0 aliphatic heterocycles. The van der Waals surface area contributed by atoms with Gasteiger partial charge in [-0.25, -0.2) is 4.98 Å². The van der Waals surface area contributed by atoms with E-state index in [0.29, 0.717) is 0 Å². The molecule has 1 aromatic heterocycles. The van der Waals surface area contributed by atoms with E-state index in [4.69, 9.17) is 4.74 Å². The van der Waals surface area contributed by atoms with Crippen LogP contribution in [0.15, 0.2) is 12.1 Å². The van der Waals surface area contributed by atoms with Crippen molar-refractivity contribution in [2.24, 2.45) is 0 Å². The number of aromatic nitrogens is 1. The van der Waals surface area contributed by atoms with Gasteiger partial charge < -0.3 is 4.74 Å². The highest BCUT2D eigenvalue weighted by molar-refractivity contribution is 14.1. The normalized spacial score (nSPS) is 10.7. The quantitative estimate of drug-likeness (QED) is 0.755. The van der Waals surface area contributed by atoms with Crippen molar-refractivity contribution in [3.8, 4) is 5.75 Å². The first-order chi connectivity index (χ1) is 6.20. The zero-order valence-electron chi connectivity index (χ0n) is 7.30. The Morgan fingerprint density at radius 1 is 1.46 bits per heavy atom. The smallest absolute Gasteiger partial charge is 0.134 e. The van der Waals surface area contributed by atoms with Crippen LogP contribution in [0.1, 0.15) is 5.01 Å². The van der Waals surface area contributed by atoms with Crippen LogP contribution in [0.4, 0.5) is 0 Å². The van der Waals surface area contributed by atoms with Crippen molar-refractivity contribution in [1.82, 2.24) is 4.98 Å². The molecule has 1 aromatic carbocycles. The largest absolute Gasteiger partial charge is 0.496 e. The van der Waals surface area contributed by atoms with E-state index in [1.807, 2.05) is 13.0 Å². The van der Waals surface area contributed by atoms with Crippen molar-refractivity contribution < 1.29 is 4.74 Å². The highest BCUT2D eigenvalue weighted by Crippen LogP contribution is 2.30. The van der Waals surface area contributed by atoms with Gasteiger partial charge >= 0.3 is 0 Å². The van der Waals surface area contributed by atoms with Gasteiger partial charge in [0.15, 0.2) is 0 Å². The van der Waals surface area contributed by atoms with E-state index in [0.717, 1.165) is 19.8 Å². The van der Waals surface area contributed by atoms with Gasteiger partial charge in [0.05, 0.1) is 25.9 Å². The maximum Gasteiger partial charge on any atom is 0.134 e. The third-order valence-corrected chi connectivity index (χ3v) is 3.55. The molecule has 4 heteroatoms. The van der Waals surface area contributed by atoms with Gasteiger partial charge in [0.1, 0.15) is 5.75 Å². The summed E-state index contributed by atoms with van der Waals surface area (Å²) in [6.07, 6.45) is 0. The van der Waals surface area contributed by atoms with Crippen molar-refractivity contribution in [3.63, 3.8) is 0 Å². The van der Waals surface area contributed by atoms with Crippen LogP contribution < -0.4 is 4.74 Å². The molecule has 2 rings (SSSR count). The van der Waals surface area contributed by atoms with Gasteiger partial charge in [-0.05, 0) is 35.6 Å². The number of rotatable bonds is 1.